The number of hydrogen-bond acceptors (Lipinski definition) is 2. The number of likely N-dealkylation sites (tertiary alicyclic amines) is 1. The van der Waals surface area contributed by atoms with Crippen molar-refractivity contribution in [3.05, 3.63) is 35.4 Å². The van der Waals surface area contributed by atoms with Gasteiger partial charge in [0, 0.05) is 24.2 Å². The predicted octanol–water partition coefficient (Wildman–Crippen LogP) is 3.10. The van der Waals surface area contributed by atoms with E-state index in [0.29, 0.717) is 11.5 Å². The number of nitrogens with one attached hydrogen (secondary N) is 1. The molecule has 1 aromatic rings. The van der Waals surface area contributed by atoms with Crippen molar-refractivity contribution in [2.75, 3.05) is 19.6 Å². The van der Waals surface area contributed by atoms with Crippen LogP contribution in [-0.4, -0.2) is 30.6 Å². The SMILES string of the molecule is CC(NCC1CCN(C2CC2)C1)c1cc(F)ccc1F. The third-order valence-electron chi connectivity index (χ3n) is 4.52. The Labute approximate surface area is 119 Å². The van der Waals surface area contributed by atoms with Crippen molar-refractivity contribution in [2.45, 2.75) is 38.3 Å². The lowest BCUT2D eigenvalue weighted by Gasteiger charge is -2.19. The van der Waals surface area contributed by atoms with Gasteiger partial charge in [-0.1, -0.05) is 0 Å². The molecule has 3 rings (SSSR count). The zero-order valence-corrected chi connectivity index (χ0v) is 11.9. The molecule has 2 aliphatic rings. The van der Waals surface area contributed by atoms with Crippen LogP contribution in [0.2, 0.25) is 0 Å². The van der Waals surface area contributed by atoms with Crippen LogP contribution in [0.4, 0.5) is 8.78 Å². The first kappa shape index (κ1) is 14.0. The molecule has 110 valence electrons. The molecule has 1 aliphatic carbocycles. The van der Waals surface area contributed by atoms with Gasteiger partial charge in [0.15, 0.2) is 0 Å². The topological polar surface area (TPSA) is 15.3 Å². The van der Waals surface area contributed by atoms with Crippen molar-refractivity contribution in [1.82, 2.24) is 10.2 Å². The van der Waals surface area contributed by atoms with Crippen LogP contribution in [0.5, 0.6) is 0 Å². The molecule has 0 aromatic heterocycles. The fraction of sp³-hybridized carbons (Fsp3) is 0.625. The van der Waals surface area contributed by atoms with Crippen LogP contribution in [0.3, 0.4) is 0 Å². The summed E-state index contributed by atoms with van der Waals surface area (Å²) in [6, 6.07) is 4.33. The minimum atomic E-state index is -0.379. The lowest BCUT2D eigenvalue weighted by Crippen LogP contribution is -2.29. The molecule has 1 saturated carbocycles. The van der Waals surface area contributed by atoms with Gasteiger partial charge < -0.3 is 10.2 Å². The van der Waals surface area contributed by atoms with E-state index in [0.717, 1.165) is 25.2 Å². The van der Waals surface area contributed by atoms with Crippen LogP contribution in [0.15, 0.2) is 18.2 Å². The highest BCUT2D eigenvalue weighted by Crippen LogP contribution is 2.31. The van der Waals surface area contributed by atoms with Gasteiger partial charge in [0.1, 0.15) is 11.6 Å². The first-order valence-electron chi connectivity index (χ1n) is 7.56. The Morgan fingerprint density at radius 2 is 2.10 bits per heavy atom. The Bertz CT molecular complexity index is 474. The molecule has 2 atom stereocenters. The van der Waals surface area contributed by atoms with E-state index in [4.69, 9.17) is 0 Å². The minimum absolute atomic E-state index is 0.152. The molecule has 20 heavy (non-hydrogen) atoms. The van der Waals surface area contributed by atoms with Crippen LogP contribution in [0.1, 0.15) is 37.8 Å². The zero-order valence-electron chi connectivity index (χ0n) is 11.9. The summed E-state index contributed by atoms with van der Waals surface area (Å²) in [5.41, 5.74) is 0.419. The van der Waals surface area contributed by atoms with E-state index in [2.05, 4.69) is 10.2 Å². The summed E-state index contributed by atoms with van der Waals surface area (Å²) >= 11 is 0. The minimum Gasteiger partial charge on any atom is -0.310 e. The number of halogens is 2. The molecular weight excluding hydrogens is 258 g/mol. The highest BCUT2D eigenvalue weighted by atomic mass is 19.1. The van der Waals surface area contributed by atoms with Gasteiger partial charge in [-0.3, -0.25) is 0 Å². The van der Waals surface area contributed by atoms with Crippen LogP contribution < -0.4 is 5.32 Å². The maximum absolute atomic E-state index is 13.7. The van der Waals surface area contributed by atoms with Crippen LogP contribution in [0, 0.1) is 17.6 Å². The Hall–Kier alpha value is -1.00. The molecule has 4 heteroatoms. The fourth-order valence-electron chi connectivity index (χ4n) is 3.10. The second-order valence-electron chi connectivity index (χ2n) is 6.18. The van der Waals surface area contributed by atoms with Gasteiger partial charge in [-0.25, -0.2) is 8.78 Å². The predicted molar refractivity (Wildman–Crippen MR) is 75.5 cm³/mol. The lowest BCUT2D eigenvalue weighted by atomic mass is 10.1. The molecule has 2 fully saturated rings. The van der Waals surface area contributed by atoms with E-state index >= 15 is 0 Å². The van der Waals surface area contributed by atoms with Gasteiger partial charge in [0.25, 0.3) is 0 Å². The summed E-state index contributed by atoms with van der Waals surface area (Å²) in [6.07, 6.45) is 3.91. The zero-order chi connectivity index (χ0) is 14.1. The van der Waals surface area contributed by atoms with E-state index in [-0.39, 0.29) is 17.7 Å². The van der Waals surface area contributed by atoms with Crippen molar-refractivity contribution in [2.24, 2.45) is 5.92 Å². The van der Waals surface area contributed by atoms with Crippen molar-refractivity contribution < 1.29 is 8.78 Å². The van der Waals surface area contributed by atoms with E-state index in [1.54, 1.807) is 0 Å². The first-order valence-corrected chi connectivity index (χ1v) is 7.56. The molecule has 1 saturated heterocycles. The van der Waals surface area contributed by atoms with Gasteiger partial charge in [0.2, 0.25) is 0 Å². The number of benzene rings is 1. The quantitative estimate of drug-likeness (QED) is 0.891. The fourth-order valence-corrected chi connectivity index (χ4v) is 3.10. The normalized spacial score (nSPS) is 25.1. The van der Waals surface area contributed by atoms with E-state index < -0.39 is 0 Å². The number of hydrogen-bond donors (Lipinski definition) is 1. The molecule has 1 heterocycles. The third-order valence-corrected chi connectivity index (χ3v) is 4.52. The highest BCUT2D eigenvalue weighted by Gasteiger charge is 2.34. The van der Waals surface area contributed by atoms with Crippen LogP contribution >= 0.6 is 0 Å². The van der Waals surface area contributed by atoms with Crippen molar-refractivity contribution in [1.29, 1.82) is 0 Å². The summed E-state index contributed by atoms with van der Waals surface area (Å²) in [5.74, 6) is -0.0806. The monoisotopic (exact) mass is 280 g/mol. The van der Waals surface area contributed by atoms with Crippen LogP contribution in [-0.2, 0) is 0 Å². The largest absolute Gasteiger partial charge is 0.310 e. The van der Waals surface area contributed by atoms with Gasteiger partial charge in [-0.15, -0.1) is 0 Å². The lowest BCUT2D eigenvalue weighted by molar-refractivity contribution is 0.309. The molecule has 0 radical (unpaired) electrons. The van der Waals surface area contributed by atoms with Gasteiger partial charge >= 0.3 is 0 Å². The summed E-state index contributed by atoms with van der Waals surface area (Å²) in [6.45, 7) is 5.11. The maximum atomic E-state index is 13.7. The first-order chi connectivity index (χ1) is 9.63. The second-order valence-corrected chi connectivity index (χ2v) is 6.18. The van der Waals surface area contributed by atoms with Crippen molar-refractivity contribution in [3.63, 3.8) is 0 Å². The van der Waals surface area contributed by atoms with Gasteiger partial charge in [-0.2, -0.15) is 0 Å². The summed E-state index contributed by atoms with van der Waals surface area (Å²) in [7, 11) is 0. The van der Waals surface area contributed by atoms with E-state index in [1.165, 1.54) is 37.9 Å². The standard InChI is InChI=1S/C16H22F2N2/c1-11(15-8-13(17)2-5-16(15)18)19-9-12-6-7-20(10-12)14-3-4-14/h2,5,8,11-12,14,19H,3-4,6-7,9-10H2,1H3. The Morgan fingerprint density at radius 3 is 2.85 bits per heavy atom. The Balaban J connectivity index is 1.51. The number of nitrogens with zero attached hydrogens (tertiary/aromatic N) is 1. The summed E-state index contributed by atoms with van der Waals surface area (Å²) in [5, 5.41) is 3.36. The molecule has 1 N–H and O–H groups in total. The molecular formula is C16H22F2N2. The van der Waals surface area contributed by atoms with E-state index in [9.17, 15) is 8.78 Å². The smallest absolute Gasteiger partial charge is 0.128 e. The molecule has 2 nitrogen and oxygen atoms in total. The van der Waals surface area contributed by atoms with Crippen molar-refractivity contribution in [3.8, 4) is 0 Å². The Kier molecular flexibility index (Phi) is 4.03. The average molecular weight is 280 g/mol. The van der Waals surface area contributed by atoms with Crippen molar-refractivity contribution >= 4 is 0 Å². The molecule has 0 amide bonds. The second kappa shape index (κ2) is 5.78. The summed E-state index contributed by atoms with van der Waals surface area (Å²) < 4.78 is 26.9. The van der Waals surface area contributed by atoms with Gasteiger partial charge in [0.05, 0.1) is 0 Å². The summed E-state index contributed by atoms with van der Waals surface area (Å²) in [4.78, 5) is 2.57. The average Bonchev–Trinajstić information content (AvgIpc) is 3.18. The number of rotatable bonds is 5. The molecule has 0 spiro atoms. The van der Waals surface area contributed by atoms with Gasteiger partial charge in [-0.05, 0) is 63.4 Å². The molecule has 1 aliphatic heterocycles. The third kappa shape index (κ3) is 3.18. The van der Waals surface area contributed by atoms with E-state index in [1.807, 2.05) is 6.92 Å². The Morgan fingerprint density at radius 1 is 1.30 bits per heavy atom. The highest BCUT2D eigenvalue weighted by molar-refractivity contribution is 5.21. The van der Waals surface area contributed by atoms with Crippen LogP contribution in [0.25, 0.3) is 0 Å². The molecule has 1 aromatic carbocycles. The molecule has 0 bridgehead atoms. The molecule has 2 unspecified atom stereocenters. The maximum Gasteiger partial charge on any atom is 0.128 e.